The maximum atomic E-state index is 13.1. The number of aliphatic hydroxyl groups is 1. The minimum Gasteiger partial charge on any atom is -0.507 e. The molecule has 2 aromatic carbocycles. The molecule has 2 aliphatic heterocycles. The summed E-state index contributed by atoms with van der Waals surface area (Å²) in [4.78, 5) is 40.8. The van der Waals surface area contributed by atoms with Crippen LogP contribution in [0.1, 0.15) is 22.7 Å². The lowest BCUT2D eigenvalue weighted by Crippen LogP contribution is -2.42. The number of morpholine rings is 1. The van der Waals surface area contributed by atoms with Crippen LogP contribution in [0.3, 0.4) is 0 Å². The van der Waals surface area contributed by atoms with Crippen molar-refractivity contribution >= 4 is 23.1 Å². The Bertz CT molecular complexity index is 1110. The van der Waals surface area contributed by atoms with Crippen molar-refractivity contribution < 1.29 is 24.4 Å². The van der Waals surface area contributed by atoms with Crippen molar-refractivity contribution in [3.63, 3.8) is 0 Å². The number of ether oxygens (including phenoxy) is 1. The van der Waals surface area contributed by atoms with E-state index in [1.807, 2.05) is 6.92 Å². The smallest absolute Gasteiger partial charge is 0.295 e. The molecule has 0 saturated carbocycles. The van der Waals surface area contributed by atoms with Crippen LogP contribution in [0.15, 0.2) is 54.1 Å². The van der Waals surface area contributed by atoms with Crippen LogP contribution in [0.2, 0.25) is 0 Å². The van der Waals surface area contributed by atoms with Gasteiger partial charge in [0.1, 0.15) is 5.76 Å². The highest BCUT2D eigenvalue weighted by Gasteiger charge is 2.48. The Balaban J connectivity index is 1.80. The third-order valence-electron chi connectivity index (χ3n) is 6.05. The third kappa shape index (κ3) is 4.50. The first-order chi connectivity index (χ1) is 15.9. The zero-order valence-corrected chi connectivity index (χ0v) is 18.3. The number of hydrogen-bond donors (Lipinski definition) is 1. The van der Waals surface area contributed by atoms with Gasteiger partial charge in [-0.25, -0.2) is 0 Å². The summed E-state index contributed by atoms with van der Waals surface area (Å²) in [6, 6.07) is 11.8. The van der Waals surface area contributed by atoms with Crippen molar-refractivity contribution in [2.24, 2.45) is 0 Å². The Labute approximate surface area is 191 Å². The average Bonchev–Trinajstić information content (AvgIpc) is 3.08. The summed E-state index contributed by atoms with van der Waals surface area (Å²) in [5.41, 5.74) is 1.18. The number of carbonyl (C=O) groups is 2. The Morgan fingerprint density at radius 1 is 1.09 bits per heavy atom. The Morgan fingerprint density at radius 3 is 2.42 bits per heavy atom. The normalized spacial score (nSPS) is 20.9. The van der Waals surface area contributed by atoms with Gasteiger partial charge in [-0.1, -0.05) is 42.0 Å². The van der Waals surface area contributed by atoms with Crippen LogP contribution < -0.4 is 0 Å². The van der Waals surface area contributed by atoms with Crippen molar-refractivity contribution in [2.45, 2.75) is 13.0 Å². The Kier molecular flexibility index (Phi) is 6.52. The minimum absolute atomic E-state index is 0.139. The van der Waals surface area contributed by atoms with E-state index in [2.05, 4.69) is 4.90 Å². The van der Waals surface area contributed by atoms with Gasteiger partial charge < -0.3 is 14.7 Å². The summed E-state index contributed by atoms with van der Waals surface area (Å²) in [5.74, 6) is -1.97. The van der Waals surface area contributed by atoms with Gasteiger partial charge in [0.05, 0.1) is 35.3 Å². The first-order valence-corrected chi connectivity index (χ1v) is 10.8. The van der Waals surface area contributed by atoms with Gasteiger partial charge in [-0.05, 0) is 13.0 Å². The van der Waals surface area contributed by atoms with Gasteiger partial charge in [0, 0.05) is 37.8 Å². The average molecular weight is 451 g/mol. The number of amides is 1. The molecule has 0 aromatic heterocycles. The molecule has 9 nitrogen and oxygen atoms in total. The number of rotatable bonds is 6. The van der Waals surface area contributed by atoms with Gasteiger partial charge in [0.2, 0.25) is 0 Å². The molecular weight excluding hydrogens is 426 g/mol. The van der Waals surface area contributed by atoms with E-state index >= 15 is 0 Å². The standard InChI is InChI=1S/C24H25N3O6/c1-16-6-8-17(9-7-16)22(28)20-21(18-4-2-3-5-19(18)27(31)32)26(24(30)23(20)29)11-10-25-12-14-33-15-13-25/h2-9,21,28H,10-15H2,1H3/b22-20-. The monoisotopic (exact) mass is 451 g/mol. The van der Waals surface area contributed by atoms with E-state index in [4.69, 9.17) is 4.74 Å². The molecular formula is C24H25N3O6. The van der Waals surface area contributed by atoms with Crippen LogP contribution in [-0.4, -0.2) is 70.9 Å². The lowest BCUT2D eigenvalue weighted by atomic mass is 9.94. The Hall–Kier alpha value is -3.56. The summed E-state index contributed by atoms with van der Waals surface area (Å²) in [7, 11) is 0. The summed E-state index contributed by atoms with van der Waals surface area (Å²) in [6.45, 7) is 5.12. The van der Waals surface area contributed by atoms with Crippen molar-refractivity contribution in [1.82, 2.24) is 9.80 Å². The second-order valence-electron chi connectivity index (χ2n) is 8.13. The van der Waals surface area contributed by atoms with Gasteiger partial charge in [0.25, 0.3) is 17.4 Å². The van der Waals surface area contributed by atoms with Gasteiger partial charge >= 0.3 is 0 Å². The van der Waals surface area contributed by atoms with Crippen molar-refractivity contribution in [2.75, 3.05) is 39.4 Å². The van der Waals surface area contributed by atoms with Crippen LogP contribution in [0.25, 0.3) is 5.76 Å². The van der Waals surface area contributed by atoms with Crippen LogP contribution >= 0.6 is 0 Å². The van der Waals surface area contributed by atoms with E-state index in [0.29, 0.717) is 38.4 Å². The lowest BCUT2D eigenvalue weighted by Gasteiger charge is -2.30. The van der Waals surface area contributed by atoms with Gasteiger partial charge in [-0.15, -0.1) is 0 Å². The number of carbonyl (C=O) groups excluding carboxylic acids is 2. The van der Waals surface area contributed by atoms with Crippen molar-refractivity contribution in [3.05, 3.63) is 80.9 Å². The first kappa shape index (κ1) is 22.6. The molecule has 172 valence electrons. The number of aliphatic hydroxyl groups excluding tert-OH is 1. The highest BCUT2D eigenvalue weighted by molar-refractivity contribution is 6.46. The van der Waals surface area contributed by atoms with Crippen LogP contribution in [0.4, 0.5) is 5.69 Å². The third-order valence-corrected chi connectivity index (χ3v) is 6.05. The number of benzene rings is 2. The number of nitro groups is 1. The van der Waals surface area contributed by atoms with E-state index in [9.17, 15) is 24.8 Å². The SMILES string of the molecule is Cc1ccc(/C(O)=C2/C(=O)C(=O)N(CCN3CCOCC3)C2c2ccccc2[N+](=O)[O-])cc1. The largest absolute Gasteiger partial charge is 0.507 e. The molecule has 2 saturated heterocycles. The van der Waals surface area contributed by atoms with Crippen LogP contribution in [-0.2, 0) is 14.3 Å². The second kappa shape index (κ2) is 9.51. The maximum absolute atomic E-state index is 13.1. The fourth-order valence-corrected chi connectivity index (χ4v) is 4.26. The van der Waals surface area contributed by atoms with Gasteiger partial charge in [-0.2, -0.15) is 0 Å². The molecule has 0 aliphatic carbocycles. The fourth-order valence-electron chi connectivity index (χ4n) is 4.26. The highest BCUT2D eigenvalue weighted by Crippen LogP contribution is 2.42. The second-order valence-corrected chi connectivity index (χ2v) is 8.13. The molecule has 33 heavy (non-hydrogen) atoms. The van der Waals surface area contributed by atoms with E-state index in [1.54, 1.807) is 30.3 Å². The lowest BCUT2D eigenvalue weighted by molar-refractivity contribution is -0.385. The minimum atomic E-state index is -1.06. The van der Waals surface area contributed by atoms with E-state index in [-0.39, 0.29) is 29.1 Å². The van der Waals surface area contributed by atoms with E-state index in [0.717, 1.165) is 5.56 Å². The molecule has 2 heterocycles. The number of nitrogens with zero attached hydrogens (tertiary/aromatic N) is 3. The van der Waals surface area contributed by atoms with Gasteiger partial charge in [-0.3, -0.25) is 24.6 Å². The van der Waals surface area contributed by atoms with Crippen molar-refractivity contribution in [1.29, 1.82) is 0 Å². The van der Waals surface area contributed by atoms with Gasteiger partial charge in [0.15, 0.2) is 0 Å². The molecule has 1 atom stereocenters. The summed E-state index contributed by atoms with van der Waals surface area (Å²) in [5, 5.41) is 22.8. The molecule has 2 fully saturated rings. The summed E-state index contributed by atoms with van der Waals surface area (Å²) < 4.78 is 5.36. The van der Waals surface area contributed by atoms with Crippen molar-refractivity contribution in [3.8, 4) is 0 Å². The Morgan fingerprint density at radius 2 is 1.76 bits per heavy atom. The van der Waals surface area contributed by atoms with E-state index in [1.165, 1.54) is 23.1 Å². The molecule has 1 unspecified atom stereocenters. The topological polar surface area (TPSA) is 113 Å². The highest BCUT2D eigenvalue weighted by atomic mass is 16.6. The predicted molar refractivity (Wildman–Crippen MR) is 121 cm³/mol. The number of para-hydroxylation sites is 1. The molecule has 2 aromatic rings. The molecule has 1 N–H and O–H groups in total. The summed E-state index contributed by atoms with van der Waals surface area (Å²) in [6.07, 6.45) is 0. The molecule has 0 bridgehead atoms. The van der Waals surface area contributed by atoms with E-state index < -0.39 is 22.7 Å². The maximum Gasteiger partial charge on any atom is 0.295 e. The number of ketones is 1. The van der Waals surface area contributed by atoms with Crippen LogP contribution in [0, 0.1) is 17.0 Å². The zero-order chi connectivity index (χ0) is 23.5. The number of Topliss-reactive ketones (excluding diaryl/α,β-unsaturated/α-hetero) is 1. The first-order valence-electron chi connectivity index (χ1n) is 10.8. The zero-order valence-electron chi connectivity index (χ0n) is 18.3. The molecule has 2 aliphatic rings. The number of hydrogen-bond acceptors (Lipinski definition) is 7. The van der Waals surface area contributed by atoms with Crippen LogP contribution in [0.5, 0.6) is 0 Å². The number of nitro benzene ring substituents is 1. The summed E-state index contributed by atoms with van der Waals surface area (Å²) >= 11 is 0. The predicted octanol–water partition coefficient (Wildman–Crippen LogP) is 2.66. The fraction of sp³-hybridized carbons (Fsp3) is 0.333. The molecule has 0 radical (unpaired) electrons. The number of likely N-dealkylation sites (tertiary alicyclic amines) is 1. The quantitative estimate of drug-likeness (QED) is 0.236. The number of aryl methyl sites for hydroxylation is 1. The molecule has 1 amide bonds. The molecule has 4 rings (SSSR count). The molecule has 0 spiro atoms. The molecule has 9 heteroatoms.